The summed E-state index contributed by atoms with van der Waals surface area (Å²) in [6, 6.07) is 19.1. The van der Waals surface area contributed by atoms with Crippen molar-refractivity contribution >= 4 is 17.1 Å². The number of rotatable bonds is 3. The first kappa shape index (κ1) is 13.9. The van der Waals surface area contributed by atoms with Gasteiger partial charge in [0, 0.05) is 5.69 Å². The van der Waals surface area contributed by atoms with Crippen LogP contribution in [0.2, 0.25) is 0 Å². The average molecular weight is 289 g/mol. The Kier molecular flexibility index (Phi) is 3.63. The predicted molar refractivity (Wildman–Crippen MR) is 86.8 cm³/mol. The van der Waals surface area contributed by atoms with Gasteiger partial charge in [0.25, 0.3) is 0 Å². The fraction of sp³-hybridized carbons (Fsp3) is 0.111. The molecule has 0 aliphatic carbocycles. The van der Waals surface area contributed by atoms with E-state index in [0.29, 0.717) is 18.5 Å². The summed E-state index contributed by atoms with van der Waals surface area (Å²) in [6.07, 6.45) is 0.372. The number of hydrogen-bond acceptors (Lipinski definition) is 3. The van der Waals surface area contributed by atoms with E-state index in [2.05, 4.69) is 6.07 Å². The molecule has 1 heterocycles. The summed E-state index contributed by atoms with van der Waals surface area (Å²) in [4.78, 5) is 1.76. The monoisotopic (exact) mass is 289 g/mol. The maximum Gasteiger partial charge on any atom is 0.137 e. The fourth-order valence-corrected chi connectivity index (χ4v) is 2.59. The SMILES string of the molecule is N#CCc1ccc(N2CC(O)=C(c3ccccc3)C2=N)cc1. The number of nitriles is 1. The van der Waals surface area contributed by atoms with E-state index in [1.807, 2.05) is 54.6 Å². The minimum Gasteiger partial charge on any atom is -0.510 e. The van der Waals surface area contributed by atoms with Gasteiger partial charge in [-0.25, -0.2) is 0 Å². The van der Waals surface area contributed by atoms with Crippen molar-refractivity contribution in [1.29, 1.82) is 10.7 Å². The second-order valence-electron chi connectivity index (χ2n) is 5.12. The number of benzene rings is 2. The van der Waals surface area contributed by atoms with E-state index in [-0.39, 0.29) is 11.6 Å². The molecular weight excluding hydrogens is 274 g/mol. The Bertz CT molecular complexity index is 770. The quantitative estimate of drug-likeness (QED) is 0.908. The maximum atomic E-state index is 10.2. The molecule has 0 amide bonds. The molecule has 108 valence electrons. The van der Waals surface area contributed by atoms with Crippen LogP contribution in [0.15, 0.2) is 60.4 Å². The first-order valence-electron chi connectivity index (χ1n) is 7.00. The van der Waals surface area contributed by atoms with Crippen molar-refractivity contribution in [3.8, 4) is 6.07 Å². The van der Waals surface area contributed by atoms with Gasteiger partial charge < -0.3 is 10.0 Å². The van der Waals surface area contributed by atoms with Crippen molar-refractivity contribution in [3.63, 3.8) is 0 Å². The maximum absolute atomic E-state index is 10.2. The van der Waals surface area contributed by atoms with Crippen LogP contribution < -0.4 is 4.90 Å². The molecule has 4 nitrogen and oxygen atoms in total. The Morgan fingerprint density at radius 2 is 1.77 bits per heavy atom. The van der Waals surface area contributed by atoms with Crippen LogP contribution in [0.5, 0.6) is 0 Å². The van der Waals surface area contributed by atoms with E-state index >= 15 is 0 Å². The zero-order valence-electron chi connectivity index (χ0n) is 12.0. The highest BCUT2D eigenvalue weighted by molar-refractivity contribution is 6.30. The van der Waals surface area contributed by atoms with Crippen molar-refractivity contribution in [2.75, 3.05) is 11.4 Å². The van der Waals surface area contributed by atoms with Gasteiger partial charge in [-0.3, -0.25) is 5.41 Å². The Balaban J connectivity index is 1.87. The molecule has 3 rings (SSSR count). The normalized spacial score (nSPS) is 14.3. The predicted octanol–water partition coefficient (Wildman–Crippen LogP) is 3.52. The minimum absolute atomic E-state index is 0.206. The molecule has 0 unspecified atom stereocenters. The number of nitrogens with zero attached hydrogens (tertiary/aromatic N) is 2. The van der Waals surface area contributed by atoms with Crippen LogP contribution in [-0.2, 0) is 6.42 Å². The van der Waals surface area contributed by atoms with Crippen LogP contribution in [-0.4, -0.2) is 17.5 Å². The summed E-state index contributed by atoms with van der Waals surface area (Å²) in [5, 5.41) is 27.3. The van der Waals surface area contributed by atoms with Gasteiger partial charge in [-0.05, 0) is 23.3 Å². The van der Waals surface area contributed by atoms with Crippen LogP contribution in [0.25, 0.3) is 5.57 Å². The molecule has 2 aromatic rings. The van der Waals surface area contributed by atoms with Gasteiger partial charge in [-0.15, -0.1) is 0 Å². The van der Waals surface area contributed by atoms with Crippen LogP contribution in [0.1, 0.15) is 11.1 Å². The Labute approximate surface area is 129 Å². The van der Waals surface area contributed by atoms with Crippen molar-refractivity contribution in [1.82, 2.24) is 0 Å². The fourth-order valence-electron chi connectivity index (χ4n) is 2.59. The minimum atomic E-state index is 0.206. The van der Waals surface area contributed by atoms with Gasteiger partial charge in [-0.1, -0.05) is 42.5 Å². The second kappa shape index (κ2) is 5.74. The molecule has 1 aliphatic heterocycles. The van der Waals surface area contributed by atoms with Crippen LogP contribution >= 0.6 is 0 Å². The topological polar surface area (TPSA) is 71.1 Å². The number of aliphatic hydroxyl groups excluding tert-OH is 1. The van der Waals surface area contributed by atoms with E-state index in [1.54, 1.807) is 4.90 Å². The molecular formula is C18H15N3O. The van der Waals surface area contributed by atoms with Crippen molar-refractivity contribution < 1.29 is 5.11 Å². The van der Waals surface area contributed by atoms with Gasteiger partial charge in [0.1, 0.15) is 11.6 Å². The lowest BCUT2D eigenvalue weighted by Crippen LogP contribution is -2.25. The zero-order valence-corrected chi connectivity index (χ0v) is 12.0. The number of nitrogens with one attached hydrogen (secondary N) is 1. The van der Waals surface area contributed by atoms with E-state index in [4.69, 9.17) is 10.7 Å². The number of hydrogen-bond donors (Lipinski definition) is 2. The van der Waals surface area contributed by atoms with Gasteiger partial charge in [0.05, 0.1) is 24.6 Å². The summed E-state index contributed by atoms with van der Waals surface area (Å²) in [7, 11) is 0. The van der Waals surface area contributed by atoms with E-state index in [0.717, 1.165) is 16.8 Å². The second-order valence-corrected chi connectivity index (χ2v) is 5.12. The summed E-state index contributed by atoms with van der Waals surface area (Å²) in [6.45, 7) is 0.292. The Hall–Kier alpha value is -3.06. The molecule has 0 aromatic heterocycles. The molecule has 0 fully saturated rings. The van der Waals surface area contributed by atoms with Crippen molar-refractivity contribution in [2.45, 2.75) is 6.42 Å². The highest BCUT2D eigenvalue weighted by atomic mass is 16.3. The number of aliphatic hydroxyl groups is 1. The highest BCUT2D eigenvalue weighted by Gasteiger charge is 2.29. The number of anilines is 1. The molecule has 2 aromatic carbocycles. The lowest BCUT2D eigenvalue weighted by Gasteiger charge is -2.19. The number of amidine groups is 1. The van der Waals surface area contributed by atoms with Gasteiger partial charge in [-0.2, -0.15) is 5.26 Å². The molecule has 4 heteroatoms. The van der Waals surface area contributed by atoms with Crippen LogP contribution in [0.3, 0.4) is 0 Å². The third-order valence-electron chi connectivity index (χ3n) is 3.70. The Morgan fingerprint density at radius 1 is 1.09 bits per heavy atom. The van der Waals surface area contributed by atoms with Crippen molar-refractivity contribution in [2.24, 2.45) is 0 Å². The molecule has 0 saturated carbocycles. The lowest BCUT2D eigenvalue weighted by molar-refractivity contribution is 0.411. The largest absolute Gasteiger partial charge is 0.510 e. The average Bonchev–Trinajstić information content (AvgIpc) is 2.84. The zero-order chi connectivity index (χ0) is 15.5. The molecule has 0 saturated heterocycles. The first-order chi connectivity index (χ1) is 10.7. The summed E-state index contributed by atoms with van der Waals surface area (Å²) in [5.74, 6) is 0.494. The standard InChI is InChI=1S/C18H15N3O/c19-11-10-13-6-8-15(9-7-13)21-12-16(22)17(18(21)20)14-4-2-1-3-5-14/h1-9,20,22H,10,12H2. The van der Waals surface area contributed by atoms with E-state index < -0.39 is 0 Å². The van der Waals surface area contributed by atoms with Crippen LogP contribution in [0, 0.1) is 16.7 Å². The van der Waals surface area contributed by atoms with Gasteiger partial charge in [0.15, 0.2) is 0 Å². The third-order valence-corrected chi connectivity index (χ3v) is 3.70. The molecule has 22 heavy (non-hydrogen) atoms. The summed E-state index contributed by atoms with van der Waals surface area (Å²) >= 11 is 0. The van der Waals surface area contributed by atoms with Crippen molar-refractivity contribution in [3.05, 3.63) is 71.5 Å². The van der Waals surface area contributed by atoms with Crippen LogP contribution in [0.4, 0.5) is 5.69 Å². The Morgan fingerprint density at radius 3 is 2.41 bits per heavy atom. The molecule has 0 bridgehead atoms. The summed E-state index contributed by atoms with van der Waals surface area (Å²) in [5.41, 5.74) is 3.19. The summed E-state index contributed by atoms with van der Waals surface area (Å²) < 4.78 is 0. The first-order valence-corrected chi connectivity index (χ1v) is 7.00. The third kappa shape index (κ3) is 2.45. The molecule has 1 aliphatic rings. The molecule has 0 atom stereocenters. The smallest absolute Gasteiger partial charge is 0.137 e. The highest BCUT2D eigenvalue weighted by Crippen LogP contribution is 2.30. The molecule has 2 N–H and O–H groups in total. The van der Waals surface area contributed by atoms with E-state index in [1.165, 1.54) is 0 Å². The molecule has 0 spiro atoms. The van der Waals surface area contributed by atoms with Gasteiger partial charge >= 0.3 is 0 Å². The van der Waals surface area contributed by atoms with E-state index in [9.17, 15) is 5.11 Å². The molecule has 0 radical (unpaired) electrons. The lowest BCUT2D eigenvalue weighted by atomic mass is 10.1. The van der Waals surface area contributed by atoms with Gasteiger partial charge in [0.2, 0.25) is 0 Å².